The molecule has 19 heavy (non-hydrogen) atoms. The summed E-state index contributed by atoms with van der Waals surface area (Å²) in [5.41, 5.74) is 2.65. The highest BCUT2D eigenvalue weighted by molar-refractivity contribution is 7.80. The van der Waals surface area contributed by atoms with Crippen molar-refractivity contribution in [3.05, 3.63) is 60.4 Å². The molecule has 3 rings (SSSR count). The third kappa shape index (κ3) is 2.39. The van der Waals surface area contributed by atoms with Crippen molar-refractivity contribution in [2.45, 2.75) is 5.03 Å². The molecule has 1 N–H and O–H groups in total. The first-order chi connectivity index (χ1) is 9.24. The third-order valence-electron chi connectivity index (χ3n) is 2.86. The normalized spacial score (nSPS) is 10.6. The molecule has 4 heteroatoms. The number of hydrogen-bond acceptors (Lipinski definition) is 2. The van der Waals surface area contributed by atoms with Crippen LogP contribution in [0, 0.1) is 5.82 Å². The molecular weight excluding hydrogens is 259 g/mol. The molecule has 0 radical (unpaired) electrons. The number of benzene rings is 2. The van der Waals surface area contributed by atoms with Crippen LogP contribution in [0.25, 0.3) is 22.6 Å². The molecule has 0 bridgehead atoms. The molecule has 0 amide bonds. The average Bonchev–Trinajstić information content (AvgIpc) is 2.83. The maximum atomic E-state index is 12.9. The Morgan fingerprint density at radius 1 is 0.895 bits per heavy atom. The number of nitrogens with zero attached hydrogens (tertiary/aromatic N) is 1. The fourth-order valence-corrected chi connectivity index (χ4v) is 2.20. The Bertz CT molecular complexity index is 690. The summed E-state index contributed by atoms with van der Waals surface area (Å²) in [6.07, 6.45) is 0. The highest BCUT2D eigenvalue weighted by atomic mass is 32.1. The number of nitrogens with one attached hydrogen (secondary N) is 1. The van der Waals surface area contributed by atoms with Crippen LogP contribution in [0.15, 0.2) is 59.6 Å². The Morgan fingerprint density at radius 2 is 1.58 bits per heavy atom. The summed E-state index contributed by atoms with van der Waals surface area (Å²) >= 11 is 4.37. The zero-order valence-electron chi connectivity index (χ0n) is 9.97. The van der Waals surface area contributed by atoms with Crippen LogP contribution in [0.4, 0.5) is 4.39 Å². The number of thiol groups is 1. The summed E-state index contributed by atoms with van der Waals surface area (Å²) in [5, 5.41) is 0.602. The van der Waals surface area contributed by atoms with Gasteiger partial charge in [-0.1, -0.05) is 30.3 Å². The Balaban J connectivity index is 2.05. The highest BCUT2D eigenvalue weighted by Gasteiger charge is 2.10. The van der Waals surface area contributed by atoms with Crippen molar-refractivity contribution in [2.24, 2.45) is 0 Å². The minimum Gasteiger partial charge on any atom is -0.337 e. The lowest BCUT2D eigenvalue weighted by molar-refractivity contribution is 0.628. The van der Waals surface area contributed by atoms with E-state index >= 15 is 0 Å². The molecule has 0 aliphatic carbocycles. The van der Waals surface area contributed by atoms with E-state index in [-0.39, 0.29) is 5.82 Å². The quantitative estimate of drug-likeness (QED) is 0.672. The maximum absolute atomic E-state index is 12.9. The lowest BCUT2D eigenvalue weighted by atomic mass is 10.2. The molecular formula is C15H11FN2S. The van der Waals surface area contributed by atoms with Crippen LogP contribution in [0.5, 0.6) is 0 Å². The number of imidazole rings is 1. The van der Waals surface area contributed by atoms with Crippen LogP contribution in [0.2, 0.25) is 0 Å². The van der Waals surface area contributed by atoms with Crippen molar-refractivity contribution in [1.82, 2.24) is 9.97 Å². The second-order valence-electron chi connectivity index (χ2n) is 4.16. The first-order valence-corrected chi connectivity index (χ1v) is 6.29. The van der Waals surface area contributed by atoms with Crippen LogP contribution in [-0.2, 0) is 0 Å². The zero-order chi connectivity index (χ0) is 13.2. The van der Waals surface area contributed by atoms with E-state index in [2.05, 4.69) is 22.6 Å². The van der Waals surface area contributed by atoms with Gasteiger partial charge in [0, 0.05) is 11.1 Å². The molecule has 0 aliphatic rings. The first-order valence-electron chi connectivity index (χ1n) is 5.84. The maximum Gasteiger partial charge on any atom is 0.139 e. The Labute approximate surface area is 115 Å². The smallest absolute Gasteiger partial charge is 0.139 e. The van der Waals surface area contributed by atoms with Crippen molar-refractivity contribution < 1.29 is 4.39 Å². The summed E-state index contributed by atoms with van der Waals surface area (Å²) in [6.45, 7) is 0. The highest BCUT2D eigenvalue weighted by Crippen LogP contribution is 2.28. The zero-order valence-corrected chi connectivity index (χ0v) is 10.9. The molecule has 0 atom stereocenters. The number of H-pyrrole nitrogens is 1. The summed E-state index contributed by atoms with van der Waals surface area (Å²) in [4.78, 5) is 7.62. The van der Waals surface area contributed by atoms with Crippen molar-refractivity contribution >= 4 is 12.6 Å². The lowest BCUT2D eigenvalue weighted by Crippen LogP contribution is -1.81. The van der Waals surface area contributed by atoms with E-state index in [4.69, 9.17) is 0 Å². The average molecular weight is 270 g/mol. The number of aromatic nitrogens is 2. The van der Waals surface area contributed by atoms with Gasteiger partial charge >= 0.3 is 0 Å². The van der Waals surface area contributed by atoms with E-state index in [0.29, 0.717) is 5.03 Å². The second-order valence-corrected chi connectivity index (χ2v) is 4.58. The van der Waals surface area contributed by atoms with E-state index in [0.717, 1.165) is 22.6 Å². The molecule has 2 aromatic carbocycles. The van der Waals surface area contributed by atoms with Gasteiger partial charge in [0.15, 0.2) is 0 Å². The van der Waals surface area contributed by atoms with E-state index in [1.165, 1.54) is 12.1 Å². The molecule has 0 fully saturated rings. The van der Waals surface area contributed by atoms with Crippen LogP contribution in [-0.4, -0.2) is 9.97 Å². The molecule has 0 aliphatic heterocycles. The largest absolute Gasteiger partial charge is 0.337 e. The molecule has 0 spiro atoms. The molecule has 1 aromatic heterocycles. The van der Waals surface area contributed by atoms with Crippen LogP contribution >= 0.6 is 12.6 Å². The predicted molar refractivity (Wildman–Crippen MR) is 76.7 cm³/mol. The standard InChI is InChI=1S/C15H11FN2S/c16-12-8-6-10(7-9-12)13-15(19)18-14(17-13)11-4-2-1-3-5-11/h1-9,19H,(H,17,18). The van der Waals surface area contributed by atoms with Gasteiger partial charge in [-0.25, -0.2) is 9.37 Å². The third-order valence-corrected chi connectivity index (χ3v) is 3.19. The number of halogens is 1. The van der Waals surface area contributed by atoms with Crippen LogP contribution < -0.4 is 0 Å². The Morgan fingerprint density at radius 3 is 2.26 bits per heavy atom. The van der Waals surface area contributed by atoms with Gasteiger partial charge in [0.05, 0.1) is 5.69 Å². The minimum atomic E-state index is -0.257. The second kappa shape index (κ2) is 4.90. The number of rotatable bonds is 2. The lowest BCUT2D eigenvalue weighted by Gasteiger charge is -1.98. The van der Waals surface area contributed by atoms with Gasteiger partial charge in [0.2, 0.25) is 0 Å². The first kappa shape index (κ1) is 12.0. The monoisotopic (exact) mass is 270 g/mol. The SMILES string of the molecule is Fc1ccc(-c2[nH]c(-c3ccccc3)nc2S)cc1. The van der Waals surface area contributed by atoms with Crippen molar-refractivity contribution in [3.8, 4) is 22.6 Å². The predicted octanol–water partition coefficient (Wildman–Crippen LogP) is 4.17. The van der Waals surface area contributed by atoms with E-state index in [9.17, 15) is 4.39 Å². The van der Waals surface area contributed by atoms with E-state index in [1.54, 1.807) is 12.1 Å². The number of hydrogen-bond donors (Lipinski definition) is 2. The van der Waals surface area contributed by atoms with E-state index in [1.807, 2.05) is 30.3 Å². The fraction of sp³-hybridized carbons (Fsp3) is 0. The summed E-state index contributed by atoms with van der Waals surface area (Å²) in [5.74, 6) is 0.497. The van der Waals surface area contributed by atoms with Gasteiger partial charge in [0.25, 0.3) is 0 Å². The van der Waals surface area contributed by atoms with Gasteiger partial charge in [-0.15, -0.1) is 12.6 Å². The van der Waals surface area contributed by atoms with Gasteiger partial charge in [-0.3, -0.25) is 0 Å². The summed E-state index contributed by atoms with van der Waals surface area (Å²) < 4.78 is 12.9. The molecule has 3 aromatic rings. The van der Waals surface area contributed by atoms with Crippen LogP contribution in [0.3, 0.4) is 0 Å². The Kier molecular flexibility index (Phi) is 3.09. The molecule has 94 valence electrons. The van der Waals surface area contributed by atoms with Gasteiger partial charge in [-0.2, -0.15) is 0 Å². The number of aromatic amines is 1. The van der Waals surface area contributed by atoms with Crippen molar-refractivity contribution in [2.75, 3.05) is 0 Å². The summed E-state index contributed by atoms with van der Waals surface area (Å²) in [6, 6.07) is 16.1. The van der Waals surface area contributed by atoms with E-state index < -0.39 is 0 Å². The molecule has 0 unspecified atom stereocenters. The Hall–Kier alpha value is -2.07. The van der Waals surface area contributed by atoms with Gasteiger partial charge in [0.1, 0.15) is 16.7 Å². The molecule has 0 saturated heterocycles. The van der Waals surface area contributed by atoms with Crippen LogP contribution in [0.1, 0.15) is 0 Å². The minimum absolute atomic E-state index is 0.257. The fourth-order valence-electron chi connectivity index (χ4n) is 1.91. The molecule has 1 heterocycles. The summed E-state index contributed by atoms with van der Waals surface area (Å²) in [7, 11) is 0. The van der Waals surface area contributed by atoms with Gasteiger partial charge in [-0.05, 0) is 24.3 Å². The molecule has 2 nitrogen and oxygen atoms in total. The molecule has 0 saturated carbocycles. The topological polar surface area (TPSA) is 28.7 Å². The van der Waals surface area contributed by atoms with Crippen molar-refractivity contribution in [1.29, 1.82) is 0 Å². The van der Waals surface area contributed by atoms with Crippen molar-refractivity contribution in [3.63, 3.8) is 0 Å². The van der Waals surface area contributed by atoms with Gasteiger partial charge < -0.3 is 4.98 Å².